The third-order valence-electron chi connectivity index (χ3n) is 2.25. The van der Waals surface area contributed by atoms with Gasteiger partial charge in [-0.1, -0.05) is 6.07 Å². The highest BCUT2D eigenvalue weighted by Gasteiger charge is 2.08. The van der Waals surface area contributed by atoms with Gasteiger partial charge in [0, 0.05) is 12.3 Å². The number of anilines is 2. The molecule has 0 spiro atoms. The van der Waals surface area contributed by atoms with Gasteiger partial charge in [-0.15, -0.1) is 11.3 Å². The number of nitrogens with zero attached hydrogens (tertiary/aromatic N) is 1. The number of hydrogen-bond donors (Lipinski definition) is 2. The van der Waals surface area contributed by atoms with Gasteiger partial charge in [-0.2, -0.15) is 0 Å². The van der Waals surface area contributed by atoms with Gasteiger partial charge in [0.1, 0.15) is 0 Å². The van der Waals surface area contributed by atoms with E-state index in [-0.39, 0.29) is 18.1 Å². The van der Waals surface area contributed by atoms with Crippen LogP contribution in [0.4, 0.5) is 19.6 Å². The van der Waals surface area contributed by atoms with Crippen molar-refractivity contribution in [3.8, 4) is 0 Å². The number of rotatable bonds is 4. The van der Waals surface area contributed by atoms with Gasteiger partial charge in [0.2, 0.25) is 5.91 Å². The molecule has 2 aromatic rings. The summed E-state index contributed by atoms with van der Waals surface area (Å²) >= 11 is 1.27. The van der Waals surface area contributed by atoms with Crippen molar-refractivity contribution in [3.05, 3.63) is 40.9 Å². The van der Waals surface area contributed by atoms with E-state index < -0.39 is 11.6 Å². The summed E-state index contributed by atoms with van der Waals surface area (Å²) in [5.41, 5.74) is 0.714. The summed E-state index contributed by atoms with van der Waals surface area (Å²) in [6.07, 6.45) is 0. The Morgan fingerprint density at radius 2 is 2.21 bits per heavy atom. The Morgan fingerprint density at radius 1 is 1.42 bits per heavy atom. The Kier molecular flexibility index (Phi) is 4.06. The Morgan fingerprint density at radius 3 is 2.95 bits per heavy atom. The average Bonchev–Trinajstić information content (AvgIpc) is 2.78. The van der Waals surface area contributed by atoms with Crippen molar-refractivity contribution in [3.63, 3.8) is 0 Å². The summed E-state index contributed by atoms with van der Waals surface area (Å²) in [6, 6.07) is 3.92. The van der Waals surface area contributed by atoms with Crippen LogP contribution in [0, 0.1) is 11.6 Å². The largest absolute Gasteiger partial charge is 0.377 e. The fourth-order valence-electron chi connectivity index (χ4n) is 1.42. The van der Waals surface area contributed by atoms with Crippen LogP contribution in [0.1, 0.15) is 12.6 Å². The number of carbonyl (C=O) groups is 1. The number of benzene rings is 1. The van der Waals surface area contributed by atoms with E-state index in [1.54, 1.807) is 5.38 Å². The van der Waals surface area contributed by atoms with Gasteiger partial charge in [0.25, 0.3) is 0 Å². The lowest BCUT2D eigenvalue weighted by Gasteiger charge is -2.05. The summed E-state index contributed by atoms with van der Waals surface area (Å²) < 4.78 is 26.3. The molecule has 0 saturated heterocycles. The minimum atomic E-state index is -0.917. The first kappa shape index (κ1) is 13.4. The highest BCUT2D eigenvalue weighted by atomic mass is 32.1. The third-order valence-corrected chi connectivity index (χ3v) is 3.05. The third kappa shape index (κ3) is 3.47. The molecule has 0 fully saturated rings. The lowest BCUT2D eigenvalue weighted by Crippen LogP contribution is -2.06. The van der Waals surface area contributed by atoms with Gasteiger partial charge in [-0.3, -0.25) is 4.79 Å². The Balaban J connectivity index is 2.00. The first-order valence-corrected chi connectivity index (χ1v) is 6.34. The van der Waals surface area contributed by atoms with E-state index in [4.69, 9.17) is 0 Å². The first-order chi connectivity index (χ1) is 9.06. The van der Waals surface area contributed by atoms with E-state index in [1.807, 2.05) is 0 Å². The first-order valence-electron chi connectivity index (χ1n) is 5.46. The van der Waals surface area contributed by atoms with Crippen molar-refractivity contribution >= 4 is 28.1 Å². The molecule has 0 aliphatic carbocycles. The van der Waals surface area contributed by atoms with Crippen molar-refractivity contribution < 1.29 is 13.6 Å². The molecule has 100 valence electrons. The number of halogens is 2. The molecule has 0 saturated carbocycles. The molecular formula is C12H11F2N3OS. The molecule has 1 amide bonds. The zero-order chi connectivity index (χ0) is 13.8. The monoisotopic (exact) mass is 283 g/mol. The zero-order valence-electron chi connectivity index (χ0n) is 10.0. The smallest absolute Gasteiger partial charge is 0.223 e. The topological polar surface area (TPSA) is 54.0 Å². The summed E-state index contributed by atoms with van der Waals surface area (Å²) in [4.78, 5) is 15.0. The fourth-order valence-corrected chi connectivity index (χ4v) is 2.18. The SMILES string of the molecule is CC(=O)Nc1nc(CNc2cccc(F)c2F)cs1. The quantitative estimate of drug-likeness (QED) is 0.907. The lowest BCUT2D eigenvalue weighted by atomic mass is 10.3. The highest BCUT2D eigenvalue weighted by Crippen LogP contribution is 2.19. The van der Waals surface area contributed by atoms with Gasteiger partial charge in [0.05, 0.1) is 17.9 Å². The average molecular weight is 283 g/mol. The summed E-state index contributed by atoms with van der Waals surface area (Å²) in [7, 11) is 0. The maximum absolute atomic E-state index is 13.4. The van der Waals surface area contributed by atoms with E-state index in [2.05, 4.69) is 15.6 Å². The Labute approximate surface area is 112 Å². The van der Waals surface area contributed by atoms with Gasteiger partial charge >= 0.3 is 0 Å². The molecule has 0 aliphatic heterocycles. The maximum Gasteiger partial charge on any atom is 0.223 e. The predicted octanol–water partition coefficient (Wildman–Crippen LogP) is 2.99. The molecule has 1 heterocycles. The van der Waals surface area contributed by atoms with Crippen molar-refractivity contribution in [1.29, 1.82) is 0 Å². The second-order valence-corrected chi connectivity index (χ2v) is 4.64. The maximum atomic E-state index is 13.4. The number of thiazole rings is 1. The molecule has 0 bridgehead atoms. The number of carbonyl (C=O) groups excluding carboxylic acids is 1. The molecule has 7 heteroatoms. The molecule has 1 aromatic carbocycles. The van der Waals surface area contributed by atoms with Crippen molar-refractivity contribution in [2.45, 2.75) is 13.5 Å². The van der Waals surface area contributed by atoms with Crippen LogP contribution in [-0.4, -0.2) is 10.9 Å². The van der Waals surface area contributed by atoms with Crippen LogP contribution in [0.5, 0.6) is 0 Å². The normalized spacial score (nSPS) is 10.3. The van der Waals surface area contributed by atoms with Gasteiger partial charge in [-0.25, -0.2) is 13.8 Å². The summed E-state index contributed by atoms with van der Waals surface area (Å²) in [6.45, 7) is 1.64. The van der Waals surface area contributed by atoms with Crippen LogP contribution >= 0.6 is 11.3 Å². The molecule has 0 aliphatic rings. The van der Waals surface area contributed by atoms with E-state index in [9.17, 15) is 13.6 Å². The van der Waals surface area contributed by atoms with E-state index in [0.29, 0.717) is 10.8 Å². The minimum Gasteiger partial charge on any atom is -0.377 e. The lowest BCUT2D eigenvalue weighted by molar-refractivity contribution is -0.114. The van der Waals surface area contributed by atoms with E-state index in [0.717, 1.165) is 6.07 Å². The predicted molar refractivity (Wildman–Crippen MR) is 70.1 cm³/mol. The van der Waals surface area contributed by atoms with Crippen LogP contribution in [-0.2, 0) is 11.3 Å². The number of amides is 1. The van der Waals surface area contributed by atoms with Crippen LogP contribution in [0.15, 0.2) is 23.6 Å². The standard InChI is InChI=1S/C12H11F2N3OS/c1-7(18)16-12-17-8(6-19-12)5-15-10-4-2-3-9(13)11(10)14/h2-4,6,15H,5H2,1H3,(H,16,17,18). The number of aromatic nitrogens is 1. The van der Waals surface area contributed by atoms with Gasteiger partial charge in [0.15, 0.2) is 16.8 Å². The molecule has 0 unspecified atom stereocenters. The second kappa shape index (κ2) is 5.75. The van der Waals surface area contributed by atoms with Crippen molar-refractivity contribution in [2.75, 3.05) is 10.6 Å². The van der Waals surface area contributed by atoms with Crippen LogP contribution in [0.25, 0.3) is 0 Å². The molecule has 1 aromatic heterocycles. The van der Waals surface area contributed by atoms with Crippen molar-refractivity contribution in [2.24, 2.45) is 0 Å². The molecule has 0 radical (unpaired) electrons. The molecule has 2 rings (SSSR count). The van der Waals surface area contributed by atoms with E-state index >= 15 is 0 Å². The molecule has 19 heavy (non-hydrogen) atoms. The Bertz CT molecular complexity index is 600. The van der Waals surface area contributed by atoms with Crippen LogP contribution < -0.4 is 10.6 Å². The molecule has 2 N–H and O–H groups in total. The minimum absolute atomic E-state index is 0.0778. The Hall–Kier alpha value is -2.02. The molecule has 0 atom stereocenters. The number of hydrogen-bond acceptors (Lipinski definition) is 4. The van der Waals surface area contributed by atoms with Crippen LogP contribution in [0.3, 0.4) is 0 Å². The summed E-state index contributed by atoms with van der Waals surface area (Å²) in [5.74, 6) is -2.02. The molecule has 4 nitrogen and oxygen atoms in total. The fraction of sp³-hybridized carbons (Fsp3) is 0.167. The van der Waals surface area contributed by atoms with Crippen molar-refractivity contribution in [1.82, 2.24) is 4.98 Å². The van der Waals surface area contributed by atoms with E-state index in [1.165, 1.54) is 30.4 Å². The zero-order valence-corrected chi connectivity index (χ0v) is 10.9. The second-order valence-electron chi connectivity index (χ2n) is 3.78. The summed E-state index contributed by atoms with van der Waals surface area (Å²) in [5, 5.41) is 7.51. The van der Waals surface area contributed by atoms with Crippen LogP contribution in [0.2, 0.25) is 0 Å². The van der Waals surface area contributed by atoms with Gasteiger partial charge in [-0.05, 0) is 12.1 Å². The number of nitrogens with one attached hydrogen (secondary N) is 2. The van der Waals surface area contributed by atoms with Gasteiger partial charge < -0.3 is 10.6 Å². The highest BCUT2D eigenvalue weighted by molar-refractivity contribution is 7.13. The molecular weight excluding hydrogens is 272 g/mol.